The molecule has 0 aromatic carbocycles. The minimum Gasteiger partial charge on any atom is -0.468 e. The third kappa shape index (κ3) is 3.29. The second-order valence-corrected chi connectivity index (χ2v) is 2.01. The Morgan fingerprint density at radius 3 is 2.40 bits per heavy atom. The van der Waals surface area contributed by atoms with Crippen LogP contribution in [0.1, 0.15) is 0 Å². The van der Waals surface area contributed by atoms with Gasteiger partial charge in [-0.3, -0.25) is 9.59 Å². The summed E-state index contributed by atoms with van der Waals surface area (Å²) in [5.74, 6) is -0.489. The van der Waals surface area contributed by atoms with Crippen molar-refractivity contribution in [2.75, 3.05) is 20.7 Å². The Bertz CT molecular complexity index is 148. The van der Waals surface area contributed by atoms with E-state index in [-0.39, 0.29) is 6.54 Å². The summed E-state index contributed by atoms with van der Waals surface area (Å²) < 4.78 is 4.28. The van der Waals surface area contributed by atoms with Crippen LogP contribution in [-0.2, 0) is 9.53 Å². The van der Waals surface area contributed by atoms with E-state index < -0.39 is 11.3 Å². The van der Waals surface area contributed by atoms with Crippen LogP contribution >= 0.6 is 11.6 Å². The number of hydrogen-bond acceptors (Lipinski definition) is 3. The normalized spacial score (nSPS) is 8.70. The molecule has 5 heteroatoms. The molecule has 0 aliphatic rings. The molecule has 0 fully saturated rings. The van der Waals surface area contributed by atoms with Crippen molar-refractivity contribution in [3.8, 4) is 0 Å². The van der Waals surface area contributed by atoms with Gasteiger partial charge < -0.3 is 9.64 Å². The molecule has 0 unspecified atom stereocenters. The summed E-state index contributed by atoms with van der Waals surface area (Å²) in [7, 11) is 2.65. The second kappa shape index (κ2) is 4.11. The summed E-state index contributed by atoms with van der Waals surface area (Å²) >= 11 is 5.01. The summed E-state index contributed by atoms with van der Waals surface area (Å²) in [6.07, 6.45) is 0. The van der Waals surface area contributed by atoms with Crippen LogP contribution in [-0.4, -0.2) is 36.9 Å². The molecule has 58 valence electrons. The summed E-state index contributed by atoms with van der Waals surface area (Å²) in [5.41, 5.74) is 0. The first kappa shape index (κ1) is 9.23. The van der Waals surface area contributed by atoms with Crippen LogP contribution in [0.25, 0.3) is 0 Å². The van der Waals surface area contributed by atoms with Crippen molar-refractivity contribution >= 4 is 22.9 Å². The number of ether oxygens (including phenoxy) is 1. The van der Waals surface area contributed by atoms with Crippen molar-refractivity contribution in [1.29, 1.82) is 0 Å². The number of methoxy groups -OCH3 is 1. The number of carbonyl (C=O) groups excluding carboxylic acids is 2. The lowest BCUT2D eigenvalue weighted by atomic mass is 10.6. The van der Waals surface area contributed by atoms with E-state index in [2.05, 4.69) is 4.74 Å². The maximum Gasteiger partial charge on any atom is 0.325 e. The predicted octanol–water partition coefficient (Wildman–Crippen LogP) is 0.450. The van der Waals surface area contributed by atoms with Crippen LogP contribution in [0.15, 0.2) is 0 Å². The molecule has 0 aliphatic carbocycles. The lowest BCUT2D eigenvalue weighted by Crippen LogP contribution is -2.28. The molecule has 4 nitrogen and oxygen atoms in total. The molecule has 1 amide bonds. The van der Waals surface area contributed by atoms with E-state index in [4.69, 9.17) is 11.6 Å². The number of likely N-dealkylation sites (N-methyl/N-ethyl adjacent to an activating group) is 1. The number of halogens is 1. The van der Waals surface area contributed by atoms with Crippen LogP contribution in [0.3, 0.4) is 0 Å². The van der Waals surface area contributed by atoms with Gasteiger partial charge >= 0.3 is 11.3 Å². The molecule has 0 atom stereocenters. The molecule has 0 radical (unpaired) electrons. The van der Waals surface area contributed by atoms with Gasteiger partial charge in [0.1, 0.15) is 6.54 Å². The topological polar surface area (TPSA) is 46.6 Å². The van der Waals surface area contributed by atoms with Gasteiger partial charge in [0.15, 0.2) is 0 Å². The molecule has 0 bridgehead atoms. The number of esters is 1. The lowest BCUT2D eigenvalue weighted by molar-refractivity contribution is -0.140. The van der Waals surface area contributed by atoms with Crippen molar-refractivity contribution in [2.45, 2.75) is 0 Å². The highest BCUT2D eigenvalue weighted by Gasteiger charge is 2.09. The molecular weight excluding hydrogens is 158 g/mol. The molecule has 0 rings (SSSR count). The van der Waals surface area contributed by atoms with E-state index in [1.807, 2.05) is 0 Å². The molecule has 0 saturated carbocycles. The lowest BCUT2D eigenvalue weighted by Gasteiger charge is -2.09. The van der Waals surface area contributed by atoms with E-state index in [0.29, 0.717) is 0 Å². The Morgan fingerprint density at radius 2 is 2.10 bits per heavy atom. The van der Waals surface area contributed by atoms with Crippen molar-refractivity contribution in [3.05, 3.63) is 0 Å². The molecule has 0 aromatic heterocycles. The van der Waals surface area contributed by atoms with Crippen LogP contribution < -0.4 is 0 Å². The van der Waals surface area contributed by atoms with Crippen molar-refractivity contribution in [3.63, 3.8) is 0 Å². The van der Waals surface area contributed by atoms with Gasteiger partial charge in [-0.2, -0.15) is 0 Å². The second-order valence-electron chi connectivity index (χ2n) is 1.69. The summed E-state index contributed by atoms with van der Waals surface area (Å²) in [6.45, 7) is -0.112. The zero-order chi connectivity index (χ0) is 8.15. The van der Waals surface area contributed by atoms with Gasteiger partial charge in [0, 0.05) is 7.05 Å². The van der Waals surface area contributed by atoms with Gasteiger partial charge in [-0.15, -0.1) is 0 Å². The maximum atomic E-state index is 10.5. The van der Waals surface area contributed by atoms with Gasteiger partial charge in [-0.1, -0.05) is 0 Å². The first-order chi connectivity index (χ1) is 4.57. The zero-order valence-electron chi connectivity index (χ0n) is 5.76. The molecule has 0 aliphatic heterocycles. The van der Waals surface area contributed by atoms with Crippen LogP contribution in [0.4, 0.5) is 4.79 Å². The van der Waals surface area contributed by atoms with E-state index in [0.717, 1.165) is 4.90 Å². The van der Waals surface area contributed by atoms with Crippen molar-refractivity contribution in [2.24, 2.45) is 0 Å². The smallest absolute Gasteiger partial charge is 0.325 e. The van der Waals surface area contributed by atoms with E-state index in [1.165, 1.54) is 14.2 Å². The number of amides is 1. The van der Waals surface area contributed by atoms with Gasteiger partial charge in [0.2, 0.25) is 0 Å². The Kier molecular flexibility index (Phi) is 3.79. The standard InChI is InChI=1S/C5H8ClNO3/c1-7(5(6)9)3-4(8)10-2/h3H2,1-2H3. The minimum absolute atomic E-state index is 0.112. The zero-order valence-corrected chi connectivity index (χ0v) is 6.51. The number of rotatable bonds is 2. The molecule has 10 heavy (non-hydrogen) atoms. The number of carbonyl (C=O) groups is 2. The average Bonchev–Trinajstić information content (AvgIpc) is 1.87. The van der Waals surface area contributed by atoms with Crippen molar-refractivity contribution < 1.29 is 14.3 Å². The Labute approximate surface area is 63.7 Å². The Morgan fingerprint density at radius 1 is 1.60 bits per heavy atom. The number of hydrogen-bond donors (Lipinski definition) is 0. The molecule has 0 saturated heterocycles. The fourth-order valence-corrected chi connectivity index (χ4v) is 0.380. The first-order valence-electron chi connectivity index (χ1n) is 2.55. The molecule has 0 aromatic rings. The molecule has 0 heterocycles. The minimum atomic E-state index is -0.676. The average molecular weight is 166 g/mol. The fraction of sp³-hybridized carbons (Fsp3) is 0.600. The number of nitrogens with zero attached hydrogens (tertiary/aromatic N) is 1. The highest BCUT2D eigenvalue weighted by Crippen LogP contribution is 1.91. The van der Waals surface area contributed by atoms with Crippen LogP contribution in [0, 0.1) is 0 Å². The van der Waals surface area contributed by atoms with Crippen LogP contribution in [0.2, 0.25) is 0 Å². The monoisotopic (exact) mass is 165 g/mol. The first-order valence-corrected chi connectivity index (χ1v) is 2.93. The highest BCUT2D eigenvalue weighted by atomic mass is 35.5. The largest absolute Gasteiger partial charge is 0.468 e. The maximum absolute atomic E-state index is 10.5. The quantitative estimate of drug-likeness (QED) is 0.339. The van der Waals surface area contributed by atoms with E-state index >= 15 is 0 Å². The van der Waals surface area contributed by atoms with Gasteiger partial charge in [0.05, 0.1) is 7.11 Å². The molecular formula is C5H8ClNO3. The van der Waals surface area contributed by atoms with Gasteiger partial charge in [-0.05, 0) is 11.6 Å². The van der Waals surface area contributed by atoms with Gasteiger partial charge in [-0.25, -0.2) is 0 Å². The highest BCUT2D eigenvalue weighted by molar-refractivity contribution is 6.62. The Balaban J connectivity index is 3.68. The SMILES string of the molecule is COC(=O)CN(C)C(=O)Cl. The fourth-order valence-electron chi connectivity index (χ4n) is 0.320. The van der Waals surface area contributed by atoms with Crippen LogP contribution in [0.5, 0.6) is 0 Å². The molecule has 0 N–H and O–H groups in total. The summed E-state index contributed by atoms with van der Waals surface area (Å²) in [6, 6.07) is 0. The van der Waals surface area contributed by atoms with Gasteiger partial charge in [0.25, 0.3) is 0 Å². The third-order valence-electron chi connectivity index (χ3n) is 0.894. The predicted molar refractivity (Wildman–Crippen MR) is 35.9 cm³/mol. The third-order valence-corrected chi connectivity index (χ3v) is 1.18. The summed E-state index contributed by atoms with van der Waals surface area (Å²) in [5, 5.41) is -0.676. The van der Waals surface area contributed by atoms with E-state index in [1.54, 1.807) is 0 Å². The van der Waals surface area contributed by atoms with Crippen molar-refractivity contribution in [1.82, 2.24) is 4.90 Å². The molecule has 0 spiro atoms. The summed E-state index contributed by atoms with van der Waals surface area (Å²) in [4.78, 5) is 21.8. The van der Waals surface area contributed by atoms with E-state index in [9.17, 15) is 9.59 Å². The Hall–Kier alpha value is -0.770.